The van der Waals surface area contributed by atoms with Gasteiger partial charge in [-0.05, 0) is 62.9 Å². The summed E-state index contributed by atoms with van der Waals surface area (Å²) in [6, 6.07) is 6.57. The molecule has 1 aromatic carbocycles. The molecule has 1 atom stereocenters. The summed E-state index contributed by atoms with van der Waals surface area (Å²) < 4.78 is 5.58. The van der Waals surface area contributed by atoms with Gasteiger partial charge in [-0.15, -0.1) is 0 Å². The minimum Gasteiger partial charge on any atom is -0.493 e. The predicted octanol–water partition coefficient (Wildman–Crippen LogP) is 2.06. The van der Waals surface area contributed by atoms with Crippen LogP contribution in [0, 0.1) is 5.92 Å². The van der Waals surface area contributed by atoms with Gasteiger partial charge >= 0.3 is 0 Å². The van der Waals surface area contributed by atoms with Gasteiger partial charge in [0.05, 0.1) is 6.61 Å². The van der Waals surface area contributed by atoms with Crippen LogP contribution in [-0.2, 0) is 12.8 Å². The molecule has 2 N–H and O–H groups in total. The normalized spacial score (nSPS) is 20.9. The number of nitrogens with zero attached hydrogens (tertiary/aromatic N) is 2. The molecule has 5 nitrogen and oxygen atoms in total. The summed E-state index contributed by atoms with van der Waals surface area (Å²) in [5.41, 5.74) is 2.71. The van der Waals surface area contributed by atoms with Crippen LogP contribution < -0.4 is 15.4 Å². The Hall–Kier alpha value is -1.75. The minimum absolute atomic E-state index is 0.686. The van der Waals surface area contributed by atoms with Gasteiger partial charge in [-0.3, -0.25) is 4.99 Å². The van der Waals surface area contributed by atoms with E-state index in [1.54, 1.807) is 0 Å². The number of rotatable bonds is 6. The van der Waals surface area contributed by atoms with Crippen molar-refractivity contribution < 1.29 is 4.74 Å². The van der Waals surface area contributed by atoms with Crippen molar-refractivity contribution in [1.29, 1.82) is 0 Å². The van der Waals surface area contributed by atoms with E-state index in [0.717, 1.165) is 50.8 Å². The molecule has 5 heteroatoms. The molecule has 0 radical (unpaired) electrons. The lowest BCUT2D eigenvalue weighted by molar-refractivity contribution is 0.214. The van der Waals surface area contributed by atoms with Gasteiger partial charge in [0.2, 0.25) is 0 Å². The highest BCUT2D eigenvalue weighted by atomic mass is 16.5. The Balaban J connectivity index is 1.47. The van der Waals surface area contributed by atoms with Gasteiger partial charge in [-0.1, -0.05) is 12.1 Å². The van der Waals surface area contributed by atoms with Crippen LogP contribution in [0.3, 0.4) is 0 Å². The average Bonchev–Trinajstić information content (AvgIpc) is 3.07. The first-order valence-electron chi connectivity index (χ1n) is 9.70. The van der Waals surface area contributed by atoms with Gasteiger partial charge < -0.3 is 20.3 Å². The highest BCUT2D eigenvalue weighted by Gasteiger charge is 2.16. The maximum atomic E-state index is 5.58. The van der Waals surface area contributed by atoms with E-state index < -0.39 is 0 Å². The fraction of sp³-hybridized carbons (Fsp3) is 0.650. The van der Waals surface area contributed by atoms with Gasteiger partial charge in [-0.2, -0.15) is 0 Å². The van der Waals surface area contributed by atoms with Gasteiger partial charge in [0.25, 0.3) is 0 Å². The van der Waals surface area contributed by atoms with Crippen molar-refractivity contribution in [2.75, 3.05) is 46.4 Å². The average molecular weight is 345 g/mol. The van der Waals surface area contributed by atoms with Crippen molar-refractivity contribution in [3.8, 4) is 5.75 Å². The molecular weight excluding hydrogens is 312 g/mol. The number of guanidine groups is 1. The van der Waals surface area contributed by atoms with E-state index in [-0.39, 0.29) is 0 Å². The number of likely N-dealkylation sites (tertiary alicyclic amines) is 1. The maximum Gasteiger partial charge on any atom is 0.191 e. The molecule has 2 heterocycles. The molecule has 2 aliphatic heterocycles. The zero-order valence-electron chi connectivity index (χ0n) is 15.7. The van der Waals surface area contributed by atoms with E-state index in [9.17, 15) is 0 Å². The van der Waals surface area contributed by atoms with Crippen molar-refractivity contribution in [3.05, 3.63) is 29.3 Å². The Labute approximate surface area is 151 Å². The quantitative estimate of drug-likeness (QED) is 0.613. The molecule has 2 aliphatic rings. The summed E-state index contributed by atoms with van der Waals surface area (Å²) in [4.78, 5) is 7.23. The zero-order valence-corrected chi connectivity index (χ0v) is 15.7. The van der Waals surface area contributed by atoms with Crippen LogP contribution in [0.15, 0.2) is 23.2 Å². The molecular formula is C20H32N4O. The maximum absolute atomic E-state index is 5.58. The fourth-order valence-electron chi connectivity index (χ4n) is 3.71. The zero-order chi connectivity index (χ0) is 17.5. The first-order chi connectivity index (χ1) is 12.2. The van der Waals surface area contributed by atoms with E-state index in [0.29, 0.717) is 5.92 Å². The van der Waals surface area contributed by atoms with Crippen LogP contribution in [0.4, 0.5) is 0 Å². The van der Waals surface area contributed by atoms with Crippen LogP contribution in [0.2, 0.25) is 0 Å². The molecule has 1 saturated heterocycles. The third kappa shape index (κ3) is 5.36. The van der Waals surface area contributed by atoms with Crippen LogP contribution in [0.1, 0.15) is 30.9 Å². The number of hydrogen-bond donors (Lipinski definition) is 2. The molecule has 0 aromatic heterocycles. The third-order valence-corrected chi connectivity index (χ3v) is 5.03. The summed E-state index contributed by atoms with van der Waals surface area (Å²) in [6.07, 6.45) is 4.63. The molecule has 0 saturated carbocycles. The highest BCUT2D eigenvalue weighted by molar-refractivity contribution is 5.79. The molecule has 0 aliphatic carbocycles. The van der Waals surface area contributed by atoms with Gasteiger partial charge in [0.15, 0.2) is 5.96 Å². The summed E-state index contributed by atoms with van der Waals surface area (Å²) in [6.45, 7) is 8.04. The van der Waals surface area contributed by atoms with E-state index in [1.807, 2.05) is 0 Å². The van der Waals surface area contributed by atoms with Crippen molar-refractivity contribution in [1.82, 2.24) is 15.5 Å². The van der Waals surface area contributed by atoms with Crippen LogP contribution >= 0.6 is 0 Å². The van der Waals surface area contributed by atoms with E-state index in [4.69, 9.17) is 9.73 Å². The molecule has 0 amide bonds. The van der Waals surface area contributed by atoms with Crippen molar-refractivity contribution in [2.24, 2.45) is 10.9 Å². The van der Waals surface area contributed by atoms with Crippen LogP contribution in [0.25, 0.3) is 0 Å². The van der Waals surface area contributed by atoms with Gasteiger partial charge in [-0.25, -0.2) is 0 Å². The Morgan fingerprint density at radius 3 is 3.12 bits per heavy atom. The van der Waals surface area contributed by atoms with Gasteiger partial charge in [0.1, 0.15) is 5.75 Å². The van der Waals surface area contributed by atoms with Crippen molar-refractivity contribution >= 4 is 5.96 Å². The summed E-state index contributed by atoms with van der Waals surface area (Å²) in [5.74, 6) is 2.69. The number of fused-ring (bicyclic) bond motifs is 1. The summed E-state index contributed by atoms with van der Waals surface area (Å²) >= 11 is 0. The van der Waals surface area contributed by atoms with Crippen LogP contribution in [0.5, 0.6) is 5.75 Å². The Morgan fingerprint density at radius 2 is 2.28 bits per heavy atom. The first-order valence-corrected chi connectivity index (χ1v) is 9.70. The number of hydrogen-bond acceptors (Lipinski definition) is 3. The van der Waals surface area contributed by atoms with Crippen molar-refractivity contribution in [3.63, 3.8) is 0 Å². The summed E-state index contributed by atoms with van der Waals surface area (Å²) in [7, 11) is 2.21. The molecule has 3 rings (SSSR count). The molecule has 1 fully saturated rings. The third-order valence-electron chi connectivity index (χ3n) is 5.03. The van der Waals surface area contributed by atoms with Gasteiger partial charge in [0, 0.05) is 32.6 Å². The van der Waals surface area contributed by atoms with E-state index >= 15 is 0 Å². The van der Waals surface area contributed by atoms with Crippen LogP contribution in [-0.4, -0.2) is 57.2 Å². The lowest BCUT2D eigenvalue weighted by atomic mass is 9.99. The highest BCUT2D eigenvalue weighted by Crippen LogP contribution is 2.25. The smallest absolute Gasteiger partial charge is 0.191 e. The fourth-order valence-corrected chi connectivity index (χ4v) is 3.71. The standard InChI is InChI=1S/C20H32N4O/c1-3-21-20(23-14-17-5-4-11-24(2)15-17)22-10-8-16-6-7-19-18(13-16)9-12-25-19/h6-7,13,17H,3-5,8-12,14-15H2,1-2H3,(H2,21,22,23). The topological polar surface area (TPSA) is 48.9 Å². The molecule has 1 unspecified atom stereocenters. The number of benzene rings is 1. The second-order valence-electron chi connectivity index (χ2n) is 7.21. The SMILES string of the molecule is CCNC(=NCC1CCCN(C)C1)NCCc1ccc2c(c1)CCO2. The van der Waals surface area contributed by atoms with Crippen molar-refractivity contribution in [2.45, 2.75) is 32.6 Å². The lowest BCUT2D eigenvalue weighted by Gasteiger charge is -2.28. The Kier molecular flexibility index (Phi) is 6.56. The first kappa shape index (κ1) is 18.1. The Morgan fingerprint density at radius 1 is 1.36 bits per heavy atom. The molecule has 1 aromatic rings. The summed E-state index contributed by atoms with van der Waals surface area (Å²) in [5, 5.41) is 6.85. The van der Waals surface area contributed by atoms with E-state index in [1.165, 1.54) is 37.1 Å². The second-order valence-corrected chi connectivity index (χ2v) is 7.21. The number of nitrogens with one attached hydrogen (secondary N) is 2. The number of piperidine rings is 1. The Bertz CT molecular complexity index is 587. The predicted molar refractivity (Wildman–Crippen MR) is 104 cm³/mol. The molecule has 25 heavy (non-hydrogen) atoms. The molecule has 138 valence electrons. The number of ether oxygens (including phenoxy) is 1. The number of aliphatic imine (C=N–C) groups is 1. The monoisotopic (exact) mass is 344 g/mol. The molecule has 0 bridgehead atoms. The second kappa shape index (κ2) is 9.09. The largest absolute Gasteiger partial charge is 0.493 e. The van der Waals surface area contributed by atoms with E-state index in [2.05, 4.69) is 47.7 Å². The lowest BCUT2D eigenvalue weighted by Crippen LogP contribution is -2.39. The molecule has 0 spiro atoms. The minimum atomic E-state index is 0.686.